The van der Waals surface area contributed by atoms with Gasteiger partial charge in [0.25, 0.3) is 5.91 Å². The van der Waals surface area contributed by atoms with Crippen molar-refractivity contribution in [3.8, 4) is 0 Å². The zero-order chi connectivity index (χ0) is 20.4. The van der Waals surface area contributed by atoms with Gasteiger partial charge in [-0.1, -0.05) is 12.8 Å². The van der Waals surface area contributed by atoms with E-state index in [9.17, 15) is 9.18 Å². The minimum atomic E-state index is -0.335. The van der Waals surface area contributed by atoms with Crippen molar-refractivity contribution in [3.63, 3.8) is 0 Å². The average Bonchev–Trinajstić information content (AvgIpc) is 3.45. The number of carbonyl (C=O) groups excluding carboxylic acids is 1. The Balaban J connectivity index is 1.69. The minimum absolute atomic E-state index is 0.266. The molecule has 152 valence electrons. The van der Waals surface area contributed by atoms with Crippen molar-refractivity contribution in [1.29, 1.82) is 0 Å². The summed E-state index contributed by atoms with van der Waals surface area (Å²) in [5.41, 5.74) is 2.41. The van der Waals surface area contributed by atoms with Crippen molar-refractivity contribution in [1.82, 2.24) is 24.8 Å². The van der Waals surface area contributed by atoms with Crippen LogP contribution < -0.4 is 5.32 Å². The van der Waals surface area contributed by atoms with Gasteiger partial charge in [-0.25, -0.2) is 14.4 Å². The highest BCUT2D eigenvalue weighted by atomic mass is 19.1. The number of aromatic nitrogens is 4. The van der Waals surface area contributed by atoms with Gasteiger partial charge < -0.3 is 14.6 Å². The molecule has 2 aromatic heterocycles. The lowest BCUT2D eigenvalue weighted by Gasteiger charge is -2.20. The van der Waals surface area contributed by atoms with Crippen molar-refractivity contribution in [3.05, 3.63) is 53.6 Å². The maximum Gasteiger partial charge on any atom is 0.272 e. The maximum absolute atomic E-state index is 13.8. The molecule has 0 spiro atoms. The van der Waals surface area contributed by atoms with Crippen LogP contribution in [-0.2, 0) is 11.3 Å². The zero-order valence-electron chi connectivity index (χ0n) is 16.6. The Morgan fingerprint density at radius 2 is 2.17 bits per heavy atom. The van der Waals surface area contributed by atoms with Crippen LogP contribution >= 0.6 is 0 Å². The van der Waals surface area contributed by atoms with Gasteiger partial charge in [0, 0.05) is 25.9 Å². The van der Waals surface area contributed by atoms with Crippen LogP contribution in [0.1, 0.15) is 47.3 Å². The number of nitrogens with zero attached hydrogens (tertiary/aromatic N) is 4. The fourth-order valence-electron chi connectivity index (χ4n) is 3.46. The molecule has 2 heterocycles. The van der Waals surface area contributed by atoms with Crippen LogP contribution in [0.4, 0.5) is 4.39 Å². The van der Waals surface area contributed by atoms with Crippen molar-refractivity contribution in [2.75, 3.05) is 13.7 Å². The SMILES string of the molecule is COCCn1c([C@H](CC2CC2)NC(=O)c2cnc(C)cn2)nc2cc(F)ccc21. The number of carbonyl (C=O) groups is 1. The number of ether oxygens (including phenoxy) is 1. The number of hydrogen-bond acceptors (Lipinski definition) is 5. The van der Waals surface area contributed by atoms with Gasteiger partial charge in [-0.05, 0) is 31.4 Å². The summed E-state index contributed by atoms with van der Waals surface area (Å²) in [6, 6.07) is 4.26. The lowest BCUT2D eigenvalue weighted by molar-refractivity contribution is 0.0924. The van der Waals surface area contributed by atoms with Gasteiger partial charge in [-0.3, -0.25) is 9.78 Å². The summed E-state index contributed by atoms with van der Waals surface area (Å²) in [5, 5.41) is 3.07. The van der Waals surface area contributed by atoms with E-state index in [0.717, 1.165) is 30.5 Å². The number of hydrogen-bond donors (Lipinski definition) is 1. The second-order valence-electron chi connectivity index (χ2n) is 7.50. The highest BCUT2D eigenvalue weighted by Gasteiger charge is 2.31. The van der Waals surface area contributed by atoms with E-state index < -0.39 is 0 Å². The molecule has 0 bridgehead atoms. The van der Waals surface area contributed by atoms with Gasteiger partial charge >= 0.3 is 0 Å². The summed E-state index contributed by atoms with van der Waals surface area (Å²) in [5.74, 6) is 0.637. The highest BCUT2D eigenvalue weighted by molar-refractivity contribution is 5.92. The van der Waals surface area contributed by atoms with E-state index in [1.807, 2.05) is 11.5 Å². The van der Waals surface area contributed by atoms with E-state index in [1.165, 1.54) is 18.3 Å². The molecule has 0 unspecified atom stereocenters. The second kappa shape index (κ2) is 8.24. The molecule has 3 aromatic rings. The third-order valence-corrected chi connectivity index (χ3v) is 5.16. The number of halogens is 1. The Morgan fingerprint density at radius 1 is 1.34 bits per heavy atom. The standard InChI is InChI=1S/C21H24FN5O2/c1-13-11-24-18(12-23-13)21(28)26-17(9-14-3-4-14)20-25-16-10-15(22)5-6-19(16)27(20)7-8-29-2/h5-6,10-12,14,17H,3-4,7-9H2,1-2H3,(H,26,28)/t17-/m0/s1. The molecule has 1 atom stereocenters. The molecule has 0 saturated heterocycles. The number of benzene rings is 1. The smallest absolute Gasteiger partial charge is 0.272 e. The molecule has 7 nitrogen and oxygen atoms in total. The first-order chi connectivity index (χ1) is 14.0. The lowest BCUT2D eigenvalue weighted by atomic mass is 10.1. The number of amides is 1. The van der Waals surface area contributed by atoms with Gasteiger partial charge in [-0.15, -0.1) is 0 Å². The third-order valence-electron chi connectivity index (χ3n) is 5.16. The van der Waals surface area contributed by atoms with Crippen LogP contribution in [0.5, 0.6) is 0 Å². The van der Waals surface area contributed by atoms with E-state index >= 15 is 0 Å². The topological polar surface area (TPSA) is 81.9 Å². The Hall–Kier alpha value is -2.87. The fourth-order valence-corrected chi connectivity index (χ4v) is 3.46. The molecule has 1 N–H and O–H groups in total. The molecule has 4 rings (SSSR count). The molecule has 0 aliphatic heterocycles. The number of fused-ring (bicyclic) bond motifs is 1. The summed E-state index contributed by atoms with van der Waals surface area (Å²) in [6.07, 6.45) is 6.11. The van der Waals surface area contributed by atoms with Crippen LogP contribution in [0.15, 0.2) is 30.6 Å². The average molecular weight is 397 g/mol. The molecule has 8 heteroatoms. The van der Waals surface area contributed by atoms with E-state index in [4.69, 9.17) is 4.74 Å². The zero-order valence-corrected chi connectivity index (χ0v) is 16.6. The van der Waals surface area contributed by atoms with Crippen LogP contribution in [0.25, 0.3) is 11.0 Å². The van der Waals surface area contributed by atoms with Crippen molar-refractivity contribution < 1.29 is 13.9 Å². The largest absolute Gasteiger partial charge is 0.383 e. The van der Waals surface area contributed by atoms with Crippen molar-refractivity contribution in [2.24, 2.45) is 5.92 Å². The van der Waals surface area contributed by atoms with Crippen LogP contribution in [0, 0.1) is 18.7 Å². The minimum Gasteiger partial charge on any atom is -0.383 e. The van der Waals surface area contributed by atoms with Gasteiger partial charge in [0.15, 0.2) is 0 Å². The van der Waals surface area contributed by atoms with Crippen LogP contribution in [0.3, 0.4) is 0 Å². The molecule has 1 aromatic carbocycles. The Kier molecular flexibility index (Phi) is 5.53. The van der Waals surface area contributed by atoms with E-state index in [1.54, 1.807) is 19.4 Å². The predicted molar refractivity (Wildman–Crippen MR) is 106 cm³/mol. The molecule has 1 saturated carbocycles. The summed E-state index contributed by atoms with van der Waals surface area (Å²) in [7, 11) is 1.64. The Bertz CT molecular complexity index is 1010. The number of imidazole rings is 1. The quantitative estimate of drug-likeness (QED) is 0.631. The first-order valence-corrected chi connectivity index (χ1v) is 9.79. The highest BCUT2D eigenvalue weighted by Crippen LogP contribution is 2.38. The van der Waals surface area contributed by atoms with E-state index in [-0.39, 0.29) is 23.5 Å². The van der Waals surface area contributed by atoms with Crippen LogP contribution in [0.2, 0.25) is 0 Å². The molecular weight excluding hydrogens is 373 g/mol. The van der Waals surface area contributed by atoms with Crippen molar-refractivity contribution in [2.45, 2.75) is 38.8 Å². The Morgan fingerprint density at radius 3 is 2.86 bits per heavy atom. The summed E-state index contributed by atoms with van der Waals surface area (Å²) < 4.78 is 21.0. The number of rotatable bonds is 8. The monoisotopic (exact) mass is 397 g/mol. The molecule has 1 aliphatic carbocycles. The van der Waals surface area contributed by atoms with Crippen molar-refractivity contribution >= 4 is 16.9 Å². The molecule has 0 radical (unpaired) electrons. The van der Waals surface area contributed by atoms with Gasteiger partial charge in [0.2, 0.25) is 0 Å². The fraction of sp³-hybridized carbons (Fsp3) is 0.429. The van der Waals surface area contributed by atoms with Gasteiger partial charge in [-0.2, -0.15) is 0 Å². The molecule has 1 amide bonds. The number of methoxy groups -OCH3 is 1. The Labute approximate surface area is 168 Å². The van der Waals surface area contributed by atoms with Gasteiger partial charge in [0.05, 0.1) is 35.6 Å². The normalized spacial score (nSPS) is 14.9. The number of aryl methyl sites for hydroxylation is 1. The lowest BCUT2D eigenvalue weighted by Crippen LogP contribution is -2.32. The molecule has 1 fully saturated rings. The summed E-state index contributed by atoms with van der Waals surface area (Å²) >= 11 is 0. The molecule has 1 aliphatic rings. The summed E-state index contributed by atoms with van der Waals surface area (Å²) in [6.45, 7) is 2.88. The van der Waals surface area contributed by atoms with Gasteiger partial charge in [0.1, 0.15) is 17.3 Å². The third kappa shape index (κ3) is 4.42. The summed E-state index contributed by atoms with van der Waals surface area (Å²) in [4.78, 5) is 25.8. The van der Waals surface area contributed by atoms with Crippen LogP contribution in [-0.4, -0.2) is 39.1 Å². The second-order valence-corrected chi connectivity index (χ2v) is 7.50. The van der Waals surface area contributed by atoms with E-state index in [2.05, 4.69) is 20.3 Å². The first kappa shape index (κ1) is 19.4. The molecule has 29 heavy (non-hydrogen) atoms. The number of nitrogens with one attached hydrogen (secondary N) is 1. The molecular formula is C21H24FN5O2. The predicted octanol–water partition coefficient (Wildman–Crippen LogP) is 3.19. The first-order valence-electron chi connectivity index (χ1n) is 9.79. The maximum atomic E-state index is 13.8. The van der Waals surface area contributed by atoms with E-state index in [0.29, 0.717) is 30.4 Å².